The molecule has 0 amide bonds. The second-order valence-electron chi connectivity index (χ2n) is 5.76. The molecule has 5 nitrogen and oxygen atoms in total. The van der Waals surface area contributed by atoms with E-state index in [0.29, 0.717) is 28.7 Å². The maximum absolute atomic E-state index is 13.8. The molecule has 1 aromatic carbocycles. The van der Waals surface area contributed by atoms with Crippen molar-refractivity contribution in [2.45, 2.75) is 26.8 Å². The number of aromatic nitrogens is 3. The zero-order valence-corrected chi connectivity index (χ0v) is 13.9. The maximum Gasteiger partial charge on any atom is 0.124 e. The Morgan fingerprint density at radius 3 is 2.88 bits per heavy atom. The molecule has 24 heavy (non-hydrogen) atoms. The number of nitriles is 1. The average Bonchev–Trinajstić information content (AvgIpc) is 2.92. The van der Waals surface area contributed by atoms with E-state index in [4.69, 9.17) is 0 Å². The van der Waals surface area contributed by atoms with Crippen LogP contribution in [0.3, 0.4) is 0 Å². The van der Waals surface area contributed by atoms with Crippen molar-refractivity contribution in [1.82, 2.24) is 14.8 Å². The van der Waals surface area contributed by atoms with E-state index in [1.54, 1.807) is 4.68 Å². The van der Waals surface area contributed by atoms with Crippen LogP contribution in [0.5, 0.6) is 0 Å². The molecule has 0 aliphatic rings. The van der Waals surface area contributed by atoms with Crippen LogP contribution in [0, 0.1) is 24.1 Å². The minimum Gasteiger partial charge on any atom is -0.379 e. The second-order valence-corrected chi connectivity index (χ2v) is 5.76. The Kier molecular flexibility index (Phi) is 4.17. The number of hydrogen-bond acceptors (Lipinski definition) is 4. The van der Waals surface area contributed by atoms with Gasteiger partial charge >= 0.3 is 0 Å². The lowest BCUT2D eigenvalue weighted by Crippen LogP contribution is -2.05. The molecule has 1 N–H and O–H groups in total. The molecule has 0 radical (unpaired) electrons. The van der Waals surface area contributed by atoms with Crippen molar-refractivity contribution in [2.24, 2.45) is 7.05 Å². The molecule has 0 saturated carbocycles. The molecule has 0 fully saturated rings. The van der Waals surface area contributed by atoms with Gasteiger partial charge < -0.3 is 5.32 Å². The fourth-order valence-electron chi connectivity index (χ4n) is 2.92. The number of anilines is 1. The monoisotopic (exact) mass is 323 g/mol. The third-order valence-corrected chi connectivity index (χ3v) is 4.03. The first-order chi connectivity index (χ1) is 11.5. The summed E-state index contributed by atoms with van der Waals surface area (Å²) in [6.45, 7) is 4.37. The lowest BCUT2D eigenvalue weighted by molar-refractivity contribution is 0.628. The van der Waals surface area contributed by atoms with Gasteiger partial charge in [-0.1, -0.05) is 6.92 Å². The maximum atomic E-state index is 13.8. The predicted molar refractivity (Wildman–Crippen MR) is 91.1 cm³/mol. The number of aryl methyl sites for hydroxylation is 3. The SMILES string of the molecule is CCc1nn(C)cc1CNc1c(C#N)cnc2c(C)cc(F)cc12. The van der Waals surface area contributed by atoms with Crippen LogP contribution in [0.1, 0.15) is 29.3 Å². The summed E-state index contributed by atoms with van der Waals surface area (Å²) in [6, 6.07) is 4.99. The van der Waals surface area contributed by atoms with Crippen LogP contribution in [-0.4, -0.2) is 14.8 Å². The topological polar surface area (TPSA) is 66.5 Å². The zero-order valence-electron chi connectivity index (χ0n) is 13.9. The van der Waals surface area contributed by atoms with Crippen LogP contribution >= 0.6 is 0 Å². The van der Waals surface area contributed by atoms with E-state index >= 15 is 0 Å². The van der Waals surface area contributed by atoms with Crippen molar-refractivity contribution < 1.29 is 4.39 Å². The summed E-state index contributed by atoms with van der Waals surface area (Å²) in [7, 11) is 1.88. The first kappa shape index (κ1) is 15.9. The fraction of sp³-hybridized carbons (Fsp3) is 0.278. The molecule has 2 heterocycles. The van der Waals surface area contributed by atoms with Crippen molar-refractivity contribution in [3.05, 3.63) is 52.7 Å². The molecule has 0 unspecified atom stereocenters. The molecule has 0 atom stereocenters. The molecular weight excluding hydrogens is 305 g/mol. The number of hydrogen-bond donors (Lipinski definition) is 1. The summed E-state index contributed by atoms with van der Waals surface area (Å²) in [6.07, 6.45) is 4.31. The predicted octanol–water partition coefficient (Wildman–Crippen LogP) is 3.46. The third-order valence-electron chi connectivity index (χ3n) is 4.03. The summed E-state index contributed by atoms with van der Waals surface area (Å²) in [5.41, 5.74) is 4.50. The summed E-state index contributed by atoms with van der Waals surface area (Å²) < 4.78 is 15.6. The first-order valence-corrected chi connectivity index (χ1v) is 7.77. The van der Waals surface area contributed by atoms with E-state index in [1.165, 1.54) is 18.3 Å². The minimum atomic E-state index is -0.337. The molecule has 0 aliphatic heterocycles. The van der Waals surface area contributed by atoms with Crippen molar-refractivity contribution in [1.29, 1.82) is 5.26 Å². The van der Waals surface area contributed by atoms with Gasteiger partial charge in [-0.25, -0.2) is 4.39 Å². The van der Waals surface area contributed by atoms with Crippen LogP contribution in [-0.2, 0) is 20.0 Å². The Morgan fingerprint density at radius 2 is 2.17 bits per heavy atom. The van der Waals surface area contributed by atoms with Crippen molar-refractivity contribution in [3.63, 3.8) is 0 Å². The quantitative estimate of drug-likeness (QED) is 0.798. The molecule has 0 spiro atoms. The van der Waals surface area contributed by atoms with Crippen LogP contribution in [0.15, 0.2) is 24.5 Å². The van der Waals surface area contributed by atoms with E-state index < -0.39 is 0 Å². The number of rotatable bonds is 4. The highest BCUT2D eigenvalue weighted by molar-refractivity contribution is 5.95. The van der Waals surface area contributed by atoms with Gasteiger partial charge in [-0.05, 0) is 31.0 Å². The molecule has 3 rings (SSSR count). The molecule has 122 valence electrons. The molecular formula is C18H18FN5. The van der Waals surface area contributed by atoms with Gasteiger partial charge in [0, 0.05) is 36.9 Å². The molecule has 0 aliphatic carbocycles. The van der Waals surface area contributed by atoms with Gasteiger partial charge in [-0.15, -0.1) is 0 Å². The Bertz CT molecular complexity index is 952. The largest absolute Gasteiger partial charge is 0.379 e. The number of benzene rings is 1. The summed E-state index contributed by atoms with van der Waals surface area (Å²) in [4.78, 5) is 4.30. The second kappa shape index (κ2) is 6.28. The van der Waals surface area contributed by atoms with Gasteiger partial charge in [-0.3, -0.25) is 9.67 Å². The van der Waals surface area contributed by atoms with Crippen LogP contribution in [0.2, 0.25) is 0 Å². The van der Waals surface area contributed by atoms with E-state index in [2.05, 4.69) is 21.5 Å². The highest BCUT2D eigenvalue weighted by Gasteiger charge is 2.13. The standard InChI is InChI=1S/C18H18FN5/c1-4-16-13(10-24(3)23-16)9-22-18-12(7-20)8-21-17-11(2)5-14(19)6-15(17)18/h5-6,8,10H,4,9H2,1-3H3,(H,21,22). The summed E-state index contributed by atoms with van der Waals surface area (Å²) in [5.74, 6) is -0.337. The van der Waals surface area contributed by atoms with Crippen LogP contribution in [0.25, 0.3) is 10.9 Å². The summed E-state index contributed by atoms with van der Waals surface area (Å²) >= 11 is 0. The zero-order chi connectivity index (χ0) is 17.3. The van der Waals surface area contributed by atoms with E-state index in [-0.39, 0.29) is 5.82 Å². The number of nitrogens with zero attached hydrogens (tertiary/aromatic N) is 4. The lowest BCUT2D eigenvalue weighted by Gasteiger charge is -2.12. The average molecular weight is 323 g/mol. The van der Waals surface area contributed by atoms with Gasteiger partial charge in [0.2, 0.25) is 0 Å². The van der Waals surface area contributed by atoms with E-state index in [1.807, 2.05) is 27.1 Å². The first-order valence-electron chi connectivity index (χ1n) is 7.77. The van der Waals surface area contributed by atoms with Crippen molar-refractivity contribution in [3.8, 4) is 6.07 Å². The molecule has 6 heteroatoms. The van der Waals surface area contributed by atoms with Gasteiger partial charge in [0.25, 0.3) is 0 Å². The van der Waals surface area contributed by atoms with E-state index in [9.17, 15) is 9.65 Å². The lowest BCUT2D eigenvalue weighted by atomic mass is 10.1. The highest BCUT2D eigenvalue weighted by atomic mass is 19.1. The molecule has 0 bridgehead atoms. The molecule has 3 aromatic rings. The third kappa shape index (κ3) is 2.81. The number of pyridine rings is 1. The Balaban J connectivity index is 2.06. The van der Waals surface area contributed by atoms with Gasteiger partial charge in [0.05, 0.1) is 22.5 Å². The fourth-order valence-corrected chi connectivity index (χ4v) is 2.92. The Hall–Kier alpha value is -2.94. The van der Waals surface area contributed by atoms with E-state index in [0.717, 1.165) is 23.2 Å². The Morgan fingerprint density at radius 1 is 1.38 bits per heavy atom. The number of fused-ring (bicyclic) bond motifs is 1. The van der Waals surface area contributed by atoms with Gasteiger partial charge in [-0.2, -0.15) is 10.4 Å². The van der Waals surface area contributed by atoms with Crippen LogP contribution in [0.4, 0.5) is 10.1 Å². The normalized spacial score (nSPS) is 10.8. The number of halogens is 1. The number of nitrogens with one attached hydrogen (secondary N) is 1. The smallest absolute Gasteiger partial charge is 0.124 e. The Labute approximate surface area is 139 Å². The van der Waals surface area contributed by atoms with Crippen molar-refractivity contribution in [2.75, 3.05) is 5.32 Å². The van der Waals surface area contributed by atoms with Gasteiger partial charge in [0.15, 0.2) is 0 Å². The summed E-state index contributed by atoms with van der Waals surface area (Å²) in [5, 5.41) is 17.7. The molecule has 2 aromatic heterocycles. The highest BCUT2D eigenvalue weighted by Crippen LogP contribution is 2.29. The van der Waals surface area contributed by atoms with Gasteiger partial charge in [0.1, 0.15) is 11.9 Å². The van der Waals surface area contributed by atoms with Crippen molar-refractivity contribution >= 4 is 16.6 Å². The van der Waals surface area contributed by atoms with Crippen LogP contribution < -0.4 is 5.32 Å². The minimum absolute atomic E-state index is 0.337. The molecule has 0 saturated heterocycles.